The summed E-state index contributed by atoms with van der Waals surface area (Å²) in [6.07, 6.45) is 4.65. The lowest BCUT2D eigenvalue weighted by Crippen LogP contribution is -2.46. The number of rotatable bonds is 4. The monoisotopic (exact) mass is 332 g/mol. The van der Waals surface area contributed by atoms with Crippen LogP contribution in [0, 0.1) is 11.8 Å². The van der Waals surface area contributed by atoms with Gasteiger partial charge in [0.05, 0.1) is 14.2 Å². The average molecular weight is 332 g/mol. The molecule has 1 N–H and O–H groups in total. The standard InChI is InChI=1S/C19H28N2O3/c1-21-9-8-13-10-16(6-4-15(13)12-21)20-19(22)14-5-7-17(23-2)18(11-14)24-3/h5,7,11,13,15-16H,4,6,8-10,12H2,1-3H3,(H,20,22)/t13-,15+,16-/m1/s1. The lowest BCUT2D eigenvalue weighted by molar-refractivity contribution is 0.0771. The van der Waals surface area contributed by atoms with Gasteiger partial charge >= 0.3 is 0 Å². The quantitative estimate of drug-likeness (QED) is 0.921. The van der Waals surface area contributed by atoms with Gasteiger partial charge in [0.25, 0.3) is 5.91 Å². The molecule has 2 aliphatic rings. The normalized spacial score (nSPS) is 27.2. The van der Waals surface area contributed by atoms with E-state index in [0.29, 0.717) is 17.1 Å². The molecule has 0 aromatic heterocycles. The van der Waals surface area contributed by atoms with E-state index in [4.69, 9.17) is 9.47 Å². The molecule has 0 radical (unpaired) electrons. The summed E-state index contributed by atoms with van der Waals surface area (Å²) < 4.78 is 10.5. The highest BCUT2D eigenvalue weighted by Crippen LogP contribution is 2.36. The predicted octanol–water partition coefficient (Wildman–Crippen LogP) is 2.55. The molecule has 1 aliphatic heterocycles. The smallest absolute Gasteiger partial charge is 0.251 e. The van der Waals surface area contributed by atoms with Crippen LogP contribution in [0.25, 0.3) is 0 Å². The first-order valence-corrected chi connectivity index (χ1v) is 8.82. The second-order valence-electron chi connectivity index (χ2n) is 7.12. The van der Waals surface area contributed by atoms with E-state index in [1.165, 1.54) is 25.9 Å². The molecular formula is C19H28N2O3. The van der Waals surface area contributed by atoms with Gasteiger partial charge in [0.15, 0.2) is 11.5 Å². The third kappa shape index (κ3) is 3.66. The second-order valence-corrected chi connectivity index (χ2v) is 7.12. The molecule has 1 amide bonds. The van der Waals surface area contributed by atoms with Crippen LogP contribution in [0.15, 0.2) is 18.2 Å². The van der Waals surface area contributed by atoms with Crippen molar-refractivity contribution in [2.24, 2.45) is 11.8 Å². The Hall–Kier alpha value is -1.75. The van der Waals surface area contributed by atoms with E-state index in [0.717, 1.165) is 24.7 Å². The zero-order valence-electron chi connectivity index (χ0n) is 14.9. The summed E-state index contributed by atoms with van der Waals surface area (Å²) in [4.78, 5) is 15.0. The molecule has 132 valence electrons. The van der Waals surface area contributed by atoms with Gasteiger partial charge in [-0.25, -0.2) is 0 Å². The van der Waals surface area contributed by atoms with Gasteiger partial charge in [-0.2, -0.15) is 0 Å². The van der Waals surface area contributed by atoms with Crippen LogP contribution in [0.3, 0.4) is 0 Å². The fraction of sp³-hybridized carbons (Fsp3) is 0.632. The molecule has 1 saturated carbocycles. The number of methoxy groups -OCH3 is 2. The molecular weight excluding hydrogens is 304 g/mol. The summed E-state index contributed by atoms with van der Waals surface area (Å²) in [5.74, 6) is 2.76. The number of nitrogens with one attached hydrogen (secondary N) is 1. The number of carbonyl (C=O) groups is 1. The van der Waals surface area contributed by atoms with Gasteiger partial charge in [-0.05, 0) is 69.3 Å². The zero-order chi connectivity index (χ0) is 17.1. The fourth-order valence-electron chi connectivity index (χ4n) is 4.18. The topological polar surface area (TPSA) is 50.8 Å². The molecule has 3 rings (SSSR count). The highest BCUT2D eigenvalue weighted by Gasteiger charge is 2.34. The Morgan fingerprint density at radius 3 is 2.67 bits per heavy atom. The lowest BCUT2D eigenvalue weighted by Gasteiger charge is -2.42. The van der Waals surface area contributed by atoms with Crippen LogP contribution in [0.4, 0.5) is 0 Å². The number of hydrogen-bond acceptors (Lipinski definition) is 4. The molecule has 0 spiro atoms. The Morgan fingerprint density at radius 1 is 1.12 bits per heavy atom. The van der Waals surface area contributed by atoms with E-state index in [9.17, 15) is 4.79 Å². The van der Waals surface area contributed by atoms with Gasteiger partial charge in [-0.15, -0.1) is 0 Å². The number of amides is 1. The molecule has 1 saturated heterocycles. The number of nitrogens with zero attached hydrogens (tertiary/aromatic N) is 1. The van der Waals surface area contributed by atoms with Gasteiger partial charge in [0.1, 0.15) is 0 Å². The zero-order valence-corrected chi connectivity index (χ0v) is 14.9. The number of hydrogen-bond donors (Lipinski definition) is 1. The number of piperidine rings is 1. The van der Waals surface area contributed by atoms with Crippen molar-refractivity contribution in [3.8, 4) is 11.5 Å². The van der Waals surface area contributed by atoms with Crippen LogP contribution in [-0.2, 0) is 0 Å². The van der Waals surface area contributed by atoms with Crippen LogP contribution in [-0.4, -0.2) is 51.2 Å². The van der Waals surface area contributed by atoms with Gasteiger partial charge in [-0.1, -0.05) is 0 Å². The Kier molecular flexibility index (Phi) is 5.29. The van der Waals surface area contributed by atoms with Crippen LogP contribution < -0.4 is 14.8 Å². The van der Waals surface area contributed by atoms with Gasteiger partial charge in [0, 0.05) is 18.2 Å². The minimum atomic E-state index is -0.0210. The molecule has 5 heteroatoms. The number of likely N-dealkylation sites (tertiary alicyclic amines) is 1. The summed E-state index contributed by atoms with van der Waals surface area (Å²) in [6.45, 7) is 2.39. The Balaban J connectivity index is 1.61. The number of carbonyl (C=O) groups excluding carboxylic acids is 1. The lowest BCUT2D eigenvalue weighted by atomic mass is 9.73. The Bertz CT molecular complexity index is 590. The Labute approximate surface area is 144 Å². The van der Waals surface area contributed by atoms with Crippen molar-refractivity contribution in [1.29, 1.82) is 0 Å². The van der Waals surface area contributed by atoms with Crippen molar-refractivity contribution >= 4 is 5.91 Å². The summed E-state index contributed by atoms with van der Waals surface area (Å²) in [5.41, 5.74) is 0.623. The van der Waals surface area contributed by atoms with Crippen molar-refractivity contribution in [2.45, 2.75) is 31.7 Å². The highest BCUT2D eigenvalue weighted by molar-refractivity contribution is 5.95. The van der Waals surface area contributed by atoms with E-state index < -0.39 is 0 Å². The van der Waals surface area contributed by atoms with Crippen molar-refractivity contribution in [1.82, 2.24) is 10.2 Å². The van der Waals surface area contributed by atoms with E-state index in [1.807, 2.05) is 0 Å². The highest BCUT2D eigenvalue weighted by atomic mass is 16.5. The largest absolute Gasteiger partial charge is 0.493 e. The SMILES string of the molecule is COc1ccc(C(=O)N[C@@H]2CC[C@H]3CN(C)CC[C@@H]3C2)cc1OC. The van der Waals surface area contributed by atoms with Gasteiger partial charge in [0.2, 0.25) is 0 Å². The minimum absolute atomic E-state index is 0.0210. The molecule has 1 aliphatic carbocycles. The summed E-state index contributed by atoms with van der Waals surface area (Å²) in [6, 6.07) is 5.60. The third-order valence-corrected chi connectivity index (χ3v) is 5.55. The molecule has 1 aromatic carbocycles. The molecule has 24 heavy (non-hydrogen) atoms. The predicted molar refractivity (Wildman–Crippen MR) is 93.7 cm³/mol. The van der Waals surface area contributed by atoms with E-state index in [1.54, 1.807) is 32.4 Å². The van der Waals surface area contributed by atoms with Crippen molar-refractivity contribution in [3.63, 3.8) is 0 Å². The number of fused-ring (bicyclic) bond motifs is 1. The van der Waals surface area contributed by atoms with Gasteiger partial charge < -0.3 is 19.7 Å². The molecule has 3 atom stereocenters. The minimum Gasteiger partial charge on any atom is -0.493 e. The molecule has 2 fully saturated rings. The van der Waals surface area contributed by atoms with E-state index >= 15 is 0 Å². The van der Waals surface area contributed by atoms with E-state index in [-0.39, 0.29) is 11.9 Å². The maximum Gasteiger partial charge on any atom is 0.251 e. The van der Waals surface area contributed by atoms with Crippen molar-refractivity contribution in [2.75, 3.05) is 34.4 Å². The maximum absolute atomic E-state index is 12.6. The van der Waals surface area contributed by atoms with E-state index in [2.05, 4.69) is 17.3 Å². The van der Waals surface area contributed by atoms with Crippen LogP contribution >= 0.6 is 0 Å². The Morgan fingerprint density at radius 2 is 1.92 bits per heavy atom. The number of ether oxygens (including phenoxy) is 2. The fourth-order valence-corrected chi connectivity index (χ4v) is 4.18. The first kappa shape index (κ1) is 17.1. The summed E-state index contributed by atoms with van der Waals surface area (Å²) >= 11 is 0. The second kappa shape index (κ2) is 7.43. The maximum atomic E-state index is 12.6. The van der Waals surface area contributed by atoms with Crippen molar-refractivity contribution in [3.05, 3.63) is 23.8 Å². The summed E-state index contributed by atoms with van der Waals surface area (Å²) in [7, 11) is 5.39. The average Bonchev–Trinajstić information content (AvgIpc) is 2.61. The molecule has 1 heterocycles. The van der Waals surface area contributed by atoms with Crippen LogP contribution in [0.5, 0.6) is 11.5 Å². The third-order valence-electron chi connectivity index (χ3n) is 5.55. The molecule has 0 unspecified atom stereocenters. The number of benzene rings is 1. The molecule has 1 aromatic rings. The summed E-state index contributed by atoms with van der Waals surface area (Å²) in [5, 5.41) is 3.22. The van der Waals surface area contributed by atoms with Crippen LogP contribution in [0.1, 0.15) is 36.0 Å². The van der Waals surface area contributed by atoms with Gasteiger partial charge in [-0.3, -0.25) is 4.79 Å². The molecule has 5 nitrogen and oxygen atoms in total. The van der Waals surface area contributed by atoms with Crippen molar-refractivity contribution < 1.29 is 14.3 Å². The molecule has 0 bridgehead atoms. The van der Waals surface area contributed by atoms with Crippen LogP contribution in [0.2, 0.25) is 0 Å². The first-order valence-electron chi connectivity index (χ1n) is 8.82. The first-order chi connectivity index (χ1) is 11.6.